The van der Waals surface area contributed by atoms with E-state index in [1.54, 1.807) is 0 Å². The van der Waals surface area contributed by atoms with Gasteiger partial charge in [-0.25, -0.2) is 0 Å². The molecule has 0 heterocycles. The lowest BCUT2D eigenvalue weighted by Crippen LogP contribution is -2.12. The van der Waals surface area contributed by atoms with Crippen LogP contribution in [0.25, 0.3) is 0 Å². The van der Waals surface area contributed by atoms with Crippen LogP contribution in [0.15, 0.2) is 48.6 Å². The molecule has 0 aromatic heterocycles. The van der Waals surface area contributed by atoms with E-state index in [-0.39, 0.29) is 0 Å². The van der Waals surface area contributed by atoms with E-state index in [4.69, 9.17) is 4.74 Å². The van der Waals surface area contributed by atoms with Gasteiger partial charge in [-0.05, 0) is 67.9 Å². The molecule has 1 aromatic rings. The van der Waals surface area contributed by atoms with Crippen LogP contribution in [0.3, 0.4) is 0 Å². The number of ether oxygens (including phenoxy) is 1. The molecule has 0 N–H and O–H groups in total. The van der Waals surface area contributed by atoms with Crippen molar-refractivity contribution in [1.82, 2.24) is 0 Å². The molecule has 0 atom stereocenters. The van der Waals surface area contributed by atoms with E-state index in [0.29, 0.717) is 13.2 Å². The topological polar surface area (TPSA) is 9.23 Å². The van der Waals surface area contributed by atoms with Crippen LogP contribution in [0.2, 0.25) is 0 Å². The monoisotopic (exact) mass is 326 g/mol. The highest BCUT2D eigenvalue weighted by Crippen LogP contribution is 2.37. The summed E-state index contributed by atoms with van der Waals surface area (Å²) in [6.45, 7) is 5.78. The van der Waals surface area contributed by atoms with Gasteiger partial charge in [-0.3, -0.25) is 0 Å². The van der Waals surface area contributed by atoms with Crippen LogP contribution in [0.1, 0.15) is 75.8 Å². The van der Waals surface area contributed by atoms with E-state index in [2.05, 4.69) is 62.4 Å². The van der Waals surface area contributed by atoms with Gasteiger partial charge in [0.15, 0.2) is 0 Å². The summed E-state index contributed by atoms with van der Waals surface area (Å²) in [6.07, 6.45) is 17.9. The van der Waals surface area contributed by atoms with Gasteiger partial charge in [0, 0.05) is 0 Å². The normalized spacial score (nSPS) is 21.8. The van der Waals surface area contributed by atoms with Crippen molar-refractivity contribution in [3.63, 3.8) is 0 Å². The van der Waals surface area contributed by atoms with Crippen LogP contribution >= 0.6 is 0 Å². The maximum atomic E-state index is 5.67. The van der Waals surface area contributed by atoms with Gasteiger partial charge in [0.05, 0.1) is 13.2 Å². The minimum absolute atomic E-state index is 0.713. The van der Waals surface area contributed by atoms with E-state index in [1.807, 2.05) is 0 Å². The van der Waals surface area contributed by atoms with Gasteiger partial charge in [0.25, 0.3) is 0 Å². The SMILES string of the molecule is CC/C=C/COCc1ccc([C@H]2CC[C@H](C/C=C/CC)CC2)cc1. The maximum Gasteiger partial charge on any atom is 0.0721 e. The number of allylic oxidation sites excluding steroid dienone is 3. The zero-order chi connectivity index (χ0) is 17.0. The summed E-state index contributed by atoms with van der Waals surface area (Å²) < 4.78 is 5.67. The van der Waals surface area contributed by atoms with Crippen molar-refractivity contribution < 1.29 is 4.74 Å². The molecule has 1 aliphatic rings. The minimum Gasteiger partial charge on any atom is -0.373 e. The molecular formula is C23H34O. The molecule has 1 nitrogen and oxygen atoms in total. The second kappa shape index (κ2) is 11.3. The molecule has 0 unspecified atom stereocenters. The second-order valence-corrected chi connectivity index (χ2v) is 6.97. The molecule has 1 fully saturated rings. The van der Waals surface area contributed by atoms with Crippen LogP contribution in [-0.4, -0.2) is 6.61 Å². The molecule has 1 heteroatoms. The Bertz CT molecular complexity index is 489. The first-order chi connectivity index (χ1) is 11.8. The smallest absolute Gasteiger partial charge is 0.0721 e. The molecule has 0 spiro atoms. The Labute approximate surface area is 148 Å². The van der Waals surface area contributed by atoms with Gasteiger partial charge in [-0.1, -0.05) is 62.4 Å². The van der Waals surface area contributed by atoms with Gasteiger partial charge in [0.2, 0.25) is 0 Å². The fourth-order valence-electron chi connectivity index (χ4n) is 3.55. The van der Waals surface area contributed by atoms with Crippen LogP contribution < -0.4 is 0 Å². The highest BCUT2D eigenvalue weighted by atomic mass is 16.5. The van der Waals surface area contributed by atoms with Crippen molar-refractivity contribution >= 4 is 0 Å². The molecule has 2 rings (SSSR count). The number of hydrogen-bond acceptors (Lipinski definition) is 1. The first-order valence-corrected chi connectivity index (χ1v) is 9.80. The largest absolute Gasteiger partial charge is 0.373 e. The van der Waals surface area contributed by atoms with Gasteiger partial charge < -0.3 is 4.74 Å². The summed E-state index contributed by atoms with van der Waals surface area (Å²) in [7, 11) is 0. The summed E-state index contributed by atoms with van der Waals surface area (Å²) >= 11 is 0. The predicted octanol–water partition coefficient (Wildman–Crippen LogP) is 6.80. The Morgan fingerprint density at radius 2 is 1.54 bits per heavy atom. The summed E-state index contributed by atoms with van der Waals surface area (Å²) in [5.74, 6) is 1.67. The lowest BCUT2D eigenvalue weighted by Gasteiger charge is -2.28. The molecule has 1 aromatic carbocycles. The fourth-order valence-corrected chi connectivity index (χ4v) is 3.55. The Hall–Kier alpha value is -1.34. The van der Waals surface area contributed by atoms with Gasteiger partial charge in [0.1, 0.15) is 0 Å². The maximum absolute atomic E-state index is 5.67. The average Bonchev–Trinajstić information content (AvgIpc) is 2.63. The van der Waals surface area contributed by atoms with Crippen molar-refractivity contribution in [3.05, 3.63) is 59.7 Å². The number of hydrogen-bond donors (Lipinski definition) is 0. The highest BCUT2D eigenvalue weighted by Gasteiger charge is 2.21. The highest BCUT2D eigenvalue weighted by molar-refractivity contribution is 5.25. The third-order valence-corrected chi connectivity index (χ3v) is 5.05. The first kappa shape index (κ1) is 19.0. The molecular weight excluding hydrogens is 292 g/mol. The van der Waals surface area contributed by atoms with Crippen LogP contribution in [-0.2, 0) is 11.3 Å². The fraction of sp³-hybridized carbons (Fsp3) is 0.565. The van der Waals surface area contributed by atoms with E-state index in [1.165, 1.54) is 49.7 Å². The van der Waals surface area contributed by atoms with Gasteiger partial charge in [-0.15, -0.1) is 0 Å². The standard InChI is InChI=1S/C23H34O/c1-3-5-7-9-20-10-14-22(15-11-20)23-16-12-21(13-17-23)19-24-18-8-6-4-2/h5-8,12-13,16-17,20,22H,3-4,9-11,14-15,18-19H2,1-2H3/b7-5+,8-6+/t20-,22-. The third-order valence-electron chi connectivity index (χ3n) is 5.05. The van der Waals surface area contributed by atoms with Crippen LogP contribution in [0.4, 0.5) is 0 Å². The van der Waals surface area contributed by atoms with Crippen molar-refractivity contribution in [2.45, 2.75) is 71.3 Å². The van der Waals surface area contributed by atoms with Crippen molar-refractivity contribution in [1.29, 1.82) is 0 Å². The molecule has 0 amide bonds. The summed E-state index contributed by atoms with van der Waals surface area (Å²) in [4.78, 5) is 0. The van der Waals surface area contributed by atoms with Gasteiger partial charge in [-0.2, -0.15) is 0 Å². The molecule has 0 radical (unpaired) electrons. The Morgan fingerprint density at radius 1 is 0.875 bits per heavy atom. The summed E-state index contributed by atoms with van der Waals surface area (Å²) in [6, 6.07) is 9.13. The lowest BCUT2D eigenvalue weighted by atomic mass is 9.77. The minimum atomic E-state index is 0.713. The van der Waals surface area contributed by atoms with Crippen molar-refractivity contribution in [2.24, 2.45) is 5.92 Å². The Kier molecular flexibility index (Phi) is 8.91. The average molecular weight is 327 g/mol. The van der Waals surface area contributed by atoms with Crippen molar-refractivity contribution in [2.75, 3.05) is 6.61 Å². The van der Waals surface area contributed by atoms with E-state index >= 15 is 0 Å². The quantitative estimate of drug-likeness (QED) is 0.358. The van der Waals surface area contributed by atoms with Crippen LogP contribution in [0, 0.1) is 5.92 Å². The van der Waals surface area contributed by atoms with Crippen molar-refractivity contribution in [3.8, 4) is 0 Å². The summed E-state index contributed by atoms with van der Waals surface area (Å²) in [5, 5.41) is 0. The third kappa shape index (κ3) is 6.65. The second-order valence-electron chi connectivity index (χ2n) is 6.97. The molecule has 1 saturated carbocycles. The van der Waals surface area contributed by atoms with Crippen LogP contribution in [0.5, 0.6) is 0 Å². The Morgan fingerprint density at radius 3 is 2.21 bits per heavy atom. The number of rotatable bonds is 9. The molecule has 132 valence electrons. The lowest BCUT2D eigenvalue weighted by molar-refractivity contribution is 0.148. The molecule has 0 saturated heterocycles. The van der Waals surface area contributed by atoms with Gasteiger partial charge >= 0.3 is 0 Å². The predicted molar refractivity (Wildman–Crippen MR) is 104 cm³/mol. The van der Waals surface area contributed by atoms with E-state index < -0.39 is 0 Å². The molecule has 24 heavy (non-hydrogen) atoms. The summed E-state index contributed by atoms with van der Waals surface area (Å²) in [5.41, 5.74) is 2.80. The molecule has 0 aliphatic heterocycles. The van der Waals surface area contributed by atoms with E-state index in [0.717, 1.165) is 18.3 Å². The zero-order valence-corrected chi connectivity index (χ0v) is 15.5. The Balaban J connectivity index is 1.73. The van der Waals surface area contributed by atoms with E-state index in [9.17, 15) is 0 Å². The zero-order valence-electron chi connectivity index (χ0n) is 15.5. The molecule has 0 bridgehead atoms. The number of benzene rings is 1. The first-order valence-electron chi connectivity index (χ1n) is 9.80. The molecule has 1 aliphatic carbocycles.